The Morgan fingerprint density at radius 3 is 1.24 bits per heavy atom. The zero-order valence-corrected chi connectivity index (χ0v) is 25.7. The van der Waals surface area contributed by atoms with Crippen molar-refractivity contribution >= 4 is 0 Å². The quantitative estimate of drug-likeness (QED) is 0.411. The molecule has 210 valence electrons. The molecule has 2 aliphatic rings. The van der Waals surface area contributed by atoms with Crippen molar-refractivity contribution in [2.75, 3.05) is 13.2 Å². The normalized spacial score (nSPS) is 21.0. The summed E-state index contributed by atoms with van der Waals surface area (Å²) in [6.45, 7) is 25.4. The first-order valence-electron chi connectivity index (χ1n) is 14.4. The van der Waals surface area contributed by atoms with Crippen LogP contribution in [0, 0.1) is 0 Å². The average Bonchev–Trinajstić information content (AvgIpc) is 3.24. The molecule has 0 saturated heterocycles. The smallest absolute Gasteiger partial charge is 0.119 e. The third-order valence-electron chi connectivity index (χ3n) is 6.94. The van der Waals surface area contributed by atoms with Gasteiger partial charge in [-0.05, 0) is 84.0 Å². The Bertz CT molecular complexity index is 893. The second kappa shape index (κ2) is 13.7. The number of aliphatic hydroxyl groups is 2. The van der Waals surface area contributed by atoms with Gasteiger partial charge in [-0.1, -0.05) is 81.4 Å². The fourth-order valence-corrected chi connectivity index (χ4v) is 5.92. The van der Waals surface area contributed by atoms with Crippen molar-refractivity contribution in [1.29, 1.82) is 0 Å². The molecular formula is C33H54O4. The molecule has 2 atom stereocenters. The SMILES string of the molecule is CC.CC.CC.CC(O)COc1ccc2c(c1)C1(CC2(C)C)CC(C)(C)c2ccc(OCC(C)O)cc21. The van der Waals surface area contributed by atoms with E-state index in [-0.39, 0.29) is 29.5 Å². The third kappa shape index (κ3) is 7.09. The molecule has 4 rings (SSSR count). The molecule has 2 aromatic rings. The van der Waals surface area contributed by atoms with Gasteiger partial charge in [0.1, 0.15) is 24.7 Å². The standard InChI is InChI=1S/C27H36O4.3C2H6/c1-17(28)13-30-19-7-9-21-23(11-19)27(15-25(21,3)4)16-26(5,6)22-10-8-20(12-24(22)27)31-14-18(2)29;3*1-2/h7-12,17-18,28-29H,13-16H2,1-6H3;3*1-2H3. The summed E-state index contributed by atoms with van der Waals surface area (Å²) in [7, 11) is 0. The lowest BCUT2D eigenvalue weighted by molar-refractivity contribution is 0.122. The highest BCUT2D eigenvalue weighted by atomic mass is 16.5. The monoisotopic (exact) mass is 514 g/mol. The van der Waals surface area contributed by atoms with Crippen LogP contribution in [-0.4, -0.2) is 35.6 Å². The van der Waals surface area contributed by atoms with Gasteiger partial charge >= 0.3 is 0 Å². The zero-order chi connectivity index (χ0) is 28.6. The van der Waals surface area contributed by atoms with Crippen LogP contribution in [0.4, 0.5) is 0 Å². The van der Waals surface area contributed by atoms with E-state index < -0.39 is 12.2 Å². The van der Waals surface area contributed by atoms with E-state index in [0.717, 1.165) is 24.3 Å². The molecular weight excluding hydrogens is 460 g/mol. The molecule has 1 spiro atoms. The van der Waals surface area contributed by atoms with Gasteiger partial charge in [-0.2, -0.15) is 0 Å². The molecule has 0 heterocycles. The first-order chi connectivity index (χ1) is 17.4. The Labute approximate surface area is 227 Å². The third-order valence-corrected chi connectivity index (χ3v) is 6.94. The molecule has 0 amide bonds. The number of benzene rings is 2. The Morgan fingerprint density at radius 2 is 0.946 bits per heavy atom. The first kappa shape index (κ1) is 33.0. The molecule has 37 heavy (non-hydrogen) atoms. The van der Waals surface area contributed by atoms with Crippen molar-refractivity contribution in [3.05, 3.63) is 58.7 Å². The van der Waals surface area contributed by atoms with Crippen LogP contribution in [0.1, 0.15) is 118 Å². The summed E-state index contributed by atoms with van der Waals surface area (Å²) in [5, 5.41) is 19.3. The van der Waals surface area contributed by atoms with Gasteiger partial charge in [0.25, 0.3) is 0 Å². The lowest BCUT2D eigenvalue weighted by Gasteiger charge is -2.30. The predicted molar refractivity (Wildman–Crippen MR) is 157 cm³/mol. The highest BCUT2D eigenvalue weighted by Gasteiger charge is 2.56. The number of hydrogen-bond donors (Lipinski definition) is 2. The van der Waals surface area contributed by atoms with Gasteiger partial charge < -0.3 is 19.7 Å². The Kier molecular flexibility index (Phi) is 12.2. The van der Waals surface area contributed by atoms with E-state index in [1.807, 2.05) is 53.7 Å². The van der Waals surface area contributed by atoms with Crippen LogP contribution < -0.4 is 9.47 Å². The van der Waals surface area contributed by atoms with E-state index in [2.05, 4.69) is 52.0 Å². The van der Waals surface area contributed by atoms with Crippen LogP contribution >= 0.6 is 0 Å². The lowest BCUT2D eigenvalue weighted by Crippen LogP contribution is -2.27. The number of hydrogen-bond acceptors (Lipinski definition) is 4. The molecule has 2 aliphatic carbocycles. The lowest BCUT2D eigenvalue weighted by atomic mass is 9.72. The summed E-state index contributed by atoms with van der Waals surface area (Å²) in [5.41, 5.74) is 5.40. The van der Waals surface area contributed by atoms with Gasteiger partial charge in [-0.15, -0.1) is 0 Å². The topological polar surface area (TPSA) is 58.9 Å². The van der Waals surface area contributed by atoms with Gasteiger partial charge in [0, 0.05) is 5.41 Å². The van der Waals surface area contributed by atoms with Crippen molar-refractivity contribution in [3.8, 4) is 11.5 Å². The molecule has 2 unspecified atom stereocenters. The summed E-state index contributed by atoms with van der Waals surface area (Å²) >= 11 is 0. The van der Waals surface area contributed by atoms with E-state index >= 15 is 0 Å². The predicted octanol–water partition coefficient (Wildman–Crippen LogP) is 7.93. The second-order valence-corrected chi connectivity index (χ2v) is 10.9. The van der Waals surface area contributed by atoms with Crippen LogP contribution in [0.25, 0.3) is 0 Å². The molecule has 0 fully saturated rings. The van der Waals surface area contributed by atoms with Crippen LogP contribution in [0.15, 0.2) is 36.4 Å². The van der Waals surface area contributed by atoms with Crippen LogP contribution in [0.3, 0.4) is 0 Å². The molecule has 0 aliphatic heterocycles. The maximum atomic E-state index is 9.66. The largest absolute Gasteiger partial charge is 0.491 e. The summed E-state index contributed by atoms with van der Waals surface area (Å²) in [6.07, 6.45) is 1.06. The first-order valence-corrected chi connectivity index (χ1v) is 14.4. The van der Waals surface area contributed by atoms with Crippen molar-refractivity contribution < 1.29 is 19.7 Å². The van der Waals surface area contributed by atoms with Gasteiger partial charge in [-0.25, -0.2) is 0 Å². The summed E-state index contributed by atoms with van der Waals surface area (Å²) < 4.78 is 11.8. The van der Waals surface area contributed by atoms with Gasteiger partial charge in [0.15, 0.2) is 0 Å². The molecule has 2 aromatic carbocycles. The van der Waals surface area contributed by atoms with Gasteiger partial charge in [0.05, 0.1) is 12.2 Å². The number of fused-ring (bicyclic) bond motifs is 4. The number of rotatable bonds is 6. The van der Waals surface area contributed by atoms with Gasteiger partial charge in [0.2, 0.25) is 0 Å². The van der Waals surface area contributed by atoms with Crippen LogP contribution in [0.2, 0.25) is 0 Å². The van der Waals surface area contributed by atoms with Crippen molar-refractivity contribution in [2.24, 2.45) is 0 Å². The maximum Gasteiger partial charge on any atom is 0.119 e. The van der Waals surface area contributed by atoms with Crippen molar-refractivity contribution in [3.63, 3.8) is 0 Å². The minimum absolute atomic E-state index is 0.0479. The minimum atomic E-state index is -0.501. The van der Waals surface area contributed by atoms with E-state index in [4.69, 9.17) is 9.47 Å². The zero-order valence-electron chi connectivity index (χ0n) is 25.7. The second-order valence-electron chi connectivity index (χ2n) is 10.9. The fourth-order valence-electron chi connectivity index (χ4n) is 5.92. The van der Waals surface area contributed by atoms with Crippen LogP contribution in [-0.2, 0) is 16.2 Å². The van der Waals surface area contributed by atoms with Crippen molar-refractivity contribution in [2.45, 2.75) is 124 Å². The average molecular weight is 515 g/mol. The van der Waals surface area contributed by atoms with Crippen LogP contribution in [0.5, 0.6) is 11.5 Å². The molecule has 2 N–H and O–H groups in total. The highest BCUT2D eigenvalue weighted by Crippen LogP contribution is 2.63. The molecule has 4 nitrogen and oxygen atoms in total. The molecule has 0 saturated carbocycles. The summed E-state index contributed by atoms with van der Waals surface area (Å²) in [6, 6.07) is 12.9. The number of ether oxygens (including phenoxy) is 2. The highest BCUT2D eigenvalue weighted by molar-refractivity contribution is 5.61. The Hall–Kier alpha value is -2.04. The maximum absolute atomic E-state index is 9.66. The van der Waals surface area contributed by atoms with Gasteiger partial charge in [-0.3, -0.25) is 0 Å². The summed E-state index contributed by atoms with van der Waals surface area (Å²) in [4.78, 5) is 0. The molecule has 0 radical (unpaired) electrons. The van der Waals surface area contributed by atoms with E-state index in [1.165, 1.54) is 22.3 Å². The molecule has 0 aromatic heterocycles. The molecule has 4 heteroatoms. The van der Waals surface area contributed by atoms with Crippen molar-refractivity contribution in [1.82, 2.24) is 0 Å². The van der Waals surface area contributed by atoms with E-state index in [1.54, 1.807) is 13.8 Å². The van der Waals surface area contributed by atoms with E-state index in [9.17, 15) is 10.2 Å². The molecule has 0 bridgehead atoms. The Balaban J connectivity index is 0.00000106. The number of aliphatic hydroxyl groups excluding tert-OH is 2. The fraction of sp³-hybridized carbons (Fsp3) is 0.636. The summed E-state index contributed by atoms with van der Waals surface area (Å²) in [5.74, 6) is 1.62. The van der Waals surface area contributed by atoms with E-state index in [0.29, 0.717) is 0 Å². The minimum Gasteiger partial charge on any atom is -0.491 e. The Morgan fingerprint density at radius 1 is 0.622 bits per heavy atom.